The lowest BCUT2D eigenvalue weighted by molar-refractivity contribution is 0.0690. The van der Waals surface area contributed by atoms with Gasteiger partial charge >= 0.3 is 5.97 Å². The summed E-state index contributed by atoms with van der Waals surface area (Å²) in [7, 11) is 0. The van der Waals surface area contributed by atoms with Crippen LogP contribution in [0.3, 0.4) is 0 Å². The Hall–Kier alpha value is -2.61. The highest BCUT2D eigenvalue weighted by Crippen LogP contribution is 2.28. The molecule has 134 valence electrons. The zero-order valence-corrected chi connectivity index (χ0v) is 14.9. The van der Waals surface area contributed by atoms with Crippen LogP contribution >= 0.6 is 11.3 Å². The lowest BCUT2D eigenvalue weighted by Gasteiger charge is -2.12. The molecule has 0 bridgehead atoms. The van der Waals surface area contributed by atoms with E-state index in [0.717, 1.165) is 0 Å². The number of thiazole rings is 1. The number of carbonyl (C=O) groups is 2. The lowest BCUT2D eigenvalue weighted by Crippen LogP contribution is -2.25. The number of hydrogen-bond acceptors (Lipinski definition) is 6. The highest BCUT2D eigenvalue weighted by atomic mass is 32.1. The van der Waals surface area contributed by atoms with E-state index < -0.39 is 5.97 Å². The minimum atomic E-state index is -1.05. The predicted octanol–water partition coefficient (Wildman–Crippen LogP) is 2.61. The van der Waals surface area contributed by atoms with Crippen molar-refractivity contribution in [1.29, 1.82) is 0 Å². The first-order valence-corrected chi connectivity index (χ1v) is 8.78. The van der Waals surface area contributed by atoms with Gasteiger partial charge in [-0.2, -0.15) is 0 Å². The number of nitrogens with one attached hydrogen (secondary N) is 1. The standard InChI is InChI=1S/C17H20N2O5S/c1-3-23-13-6-5-11(9-14(13)24-4-2)16(20)18-8-7-15-19-12(10-25-15)17(21)22/h5-6,9-10H,3-4,7-8H2,1-2H3,(H,18,20)(H,21,22). The summed E-state index contributed by atoms with van der Waals surface area (Å²) in [4.78, 5) is 27.0. The molecule has 1 aromatic heterocycles. The normalized spacial score (nSPS) is 10.3. The van der Waals surface area contributed by atoms with Crippen LogP contribution in [0.1, 0.15) is 39.7 Å². The van der Waals surface area contributed by atoms with Crippen molar-refractivity contribution in [3.8, 4) is 11.5 Å². The number of carboxylic acids is 1. The van der Waals surface area contributed by atoms with Gasteiger partial charge in [-0.25, -0.2) is 9.78 Å². The van der Waals surface area contributed by atoms with E-state index in [-0.39, 0.29) is 11.6 Å². The molecule has 1 aromatic carbocycles. The number of amides is 1. The molecular formula is C17H20N2O5S. The van der Waals surface area contributed by atoms with Gasteiger partial charge in [0.1, 0.15) is 0 Å². The fourth-order valence-electron chi connectivity index (χ4n) is 2.10. The topological polar surface area (TPSA) is 97.8 Å². The van der Waals surface area contributed by atoms with Gasteiger partial charge in [-0.15, -0.1) is 11.3 Å². The molecule has 0 aliphatic rings. The Morgan fingerprint density at radius 3 is 2.56 bits per heavy atom. The van der Waals surface area contributed by atoms with Crippen LogP contribution in [0.25, 0.3) is 0 Å². The summed E-state index contributed by atoms with van der Waals surface area (Å²) in [6, 6.07) is 5.04. The molecule has 0 radical (unpaired) electrons. The number of ether oxygens (including phenoxy) is 2. The molecule has 2 N–H and O–H groups in total. The Kier molecular flexibility index (Phi) is 6.76. The minimum Gasteiger partial charge on any atom is -0.490 e. The summed E-state index contributed by atoms with van der Waals surface area (Å²) in [5.74, 6) is -0.156. The molecule has 25 heavy (non-hydrogen) atoms. The molecule has 0 fully saturated rings. The SMILES string of the molecule is CCOc1ccc(C(=O)NCCc2nc(C(=O)O)cs2)cc1OCC. The van der Waals surface area contributed by atoms with Crippen molar-refractivity contribution in [2.75, 3.05) is 19.8 Å². The van der Waals surface area contributed by atoms with E-state index in [1.54, 1.807) is 18.2 Å². The van der Waals surface area contributed by atoms with Crippen molar-refractivity contribution in [2.45, 2.75) is 20.3 Å². The largest absolute Gasteiger partial charge is 0.490 e. The van der Waals surface area contributed by atoms with Crippen LogP contribution in [0.5, 0.6) is 11.5 Å². The predicted molar refractivity (Wildman–Crippen MR) is 93.9 cm³/mol. The van der Waals surface area contributed by atoms with Crippen LogP contribution in [0.4, 0.5) is 0 Å². The Labute approximate surface area is 149 Å². The maximum atomic E-state index is 12.3. The summed E-state index contributed by atoms with van der Waals surface area (Å²) in [5.41, 5.74) is 0.497. The number of benzene rings is 1. The monoisotopic (exact) mass is 364 g/mol. The van der Waals surface area contributed by atoms with Gasteiger partial charge in [0.05, 0.1) is 18.2 Å². The molecule has 2 aromatic rings. The van der Waals surface area contributed by atoms with Crippen LogP contribution in [-0.2, 0) is 6.42 Å². The van der Waals surface area contributed by atoms with E-state index >= 15 is 0 Å². The molecule has 1 amide bonds. The third-order valence-electron chi connectivity index (χ3n) is 3.20. The second-order valence-electron chi connectivity index (χ2n) is 4.97. The minimum absolute atomic E-state index is 0.0270. The van der Waals surface area contributed by atoms with Gasteiger partial charge in [-0.3, -0.25) is 4.79 Å². The molecule has 0 aliphatic carbocycles. The van der Waals surface area contributed by atoms with Gasteiger partial charge in [0.2, 0.25) is 0 Å². The maximum absolute atomic E-state index is 12.3. The van der Waals surface area contributed by atoms with Crippen molar-refractivity contribution in [3.05, 3.63) is 39.8 Å². The number of carboxylic acid groups (broad SMARTS) is 1. The van der Waals surface area contributed by atoms with Crippen LogP contribution in [0.15, 0.2) is 23.6 Å². The molecule has 0 saturated heterocycles. The van der Waals surface area contributed by atoms with Gasteiger partial charge in [0.25, 0.3) is 5.91 Å². The van der Waals surface area contributed by atoms with Gasteiger partial charge in [0.15, 0.2) is 17.2 Å². The second-order valence-corrected chi connectivity index (χ2v) is 5.91. The Bertz CT molecular complexity index is 744. The van der Waals surface area contributed by atoms with E-state index in [9.17, 15) is 9.59 Å². The molecule has 1 heterocycles. The summed E-state index contributed by atoms with van der Waals surface area (Å²) in [5, 5.41) is 13.8. The number of nitrogens with zero attached hydrogens (tertiary/aromatic N) is 1. The number of aromatic carboxylic acids is 1. The first kappa shape index (κ1) is 18.7. The zero-order valence-electron chi connectivity index (χ0n) is 14.1. The summed E-state index contributed by atoms with van der Waals surface area (Å²) < 4.78 is 11.0. The van der Waals surface area contributed by atoms with E-state index in [4.69, 9.17) is 14.6 Å². The Morgan fingerprint density at radius 2 is 1.92 bits per heavy atom. The van der Waals surface area contributed by atoms with Crippen molar-refractivity contribution in [1.82, 2.24) is 10.3 Å². The molecule has 7 nitrogen and oxygen atoms in total. The van der Waals surface area contributed by atoms with E-state index in [1.807, 2.05) is 13.8 Å². The fraction of sp³-hybridized carbons (Fsp3) is 0.353. The third-order valence-corrected chi connectivity index (χ3v) is 4.11. The molecule has 0 atom stereocenters. The molecule has 0 aliphatic heterocycles. The molecule has 8 heteroatoms. The van der Waals surface area contributed by atoms with Crippen molar-refractivity contribution in [2.24, 2.45) is 0 Å². The molecule has 0 unspecified atom stereocenters. The second kappa shape index (κ2) is 9.03. The quantitative estimate of drug-likeness (QED) is 0.710. The van der Waals surface area contributed by atoms with Crippen LogP contribution in [0, 0.1) is 0 Å². The summed E-state index contributed by atoms with van der Waals surface area (Å²) in [6.07, 6.45) is 0.471. The average Bonchev–Trinajstić information content (AvgIpc) is 3.06. The molecule has 0 spiro atoms. The molecule has 0 saturated carbocycles. The summed E-state index contributed by atoms with van der Waals surface area (Å²) >= 11 is 1.26. The van der Waals surface area contributed by atoms with Crippen molar-refractivity contribution >= 4 is 23.2 Å². The third kappa shape index (κ3) is 5.18. The fourth-order valence-corrected chi connectivity index (χ4v) is 2.87. The van der Waals surface area contributed by atoms with E-state index in [2.05, 4.69) is 10.3 Å². The summed E-state index contributed by atoms with van der Waals surface area (Å²) in [6.45, 7) is 5.09. The average molecular weight is 364 g/mol. The van der Waals surface area contributed by atoms with E-state index in [1.165, 1.54) is 16.7 Å². The zero-order chi connectivity index (χ0) is 18.2. The van der Waals surface area contributed by atoms with Crippen molar-refractivity contribution < 1.29 is 24.2 Å². The van der Waals surface area contributed by atoms with Gasteiger partial charge < -0.3 is 19.9 Å². The molecule has 2 rings (SSSR count). The molecular weight excluding hydrogens is 344 g/mol. The van der Waals surface area contributed by atoms with Gasteiger partial charge in [-0.1, -0.05) is 0 Å². The Balaban J connectivity index is 1.95. The first-order chi connectivity index (χ1) is 12.0. The van der Waals surface area contributed by atoms with Gasteiger partial charge in [-0.05, 0) is 32.0 Å². The highest BCUT2D eigenvalue weighted by Gasteiger charge is 2.12. The number of aromatic nitrogens is 1. The number of carbonyl (C=O) groups excluding carboxylic acids is 1. The Morgan fingerprint density at radius 1 is 1.20 bits per heavy atom. The smallest absolute Gasteiger partial charge is 0.355 e. The van der Waals surface area contributed by atoms with Crippen LogP contribution in [0.2, 0.25) is 0 Å². The van der Waals surface area contributed by atoms with Crippen LogP contribution in [-0.4, -0.2) is 41.7 Å². The van der Waals surface area contributed by atoms with Crippen molar-refractivity contribution in [3.63, 3.8) is 0 Å². The maximum Gasteiger partial charge on any atom is 0.355 e. The van der Waals surface area contributed by atoms with Crippen LogP contribution < -0.4 is 14.8 Å². The number of hydrogen-bond donors (Lipinski definition) is 2. The highest BCUT2D eigenvalue weighted by molar-refractivity contribution is 7.09. The van der Waals surface area contributed by atoms with Gasteiger partial charge in [0, 0.05) is 23.9 Å². The van der Waals surface area contributed by atoms with E-state index in [0.29, 0.717) is 48.2 Å². The first-order valence-electron chi connectivity index (χ1n) is 7.90. The number of rotatable bonds is 9. The lowest BCUT2D eigenvalue weighted by atomic mass is 10.2.